The lowest BCUT2D eigenvalue weighted by Gasteiger charge is -2.21. The quantitative estimate of drug-likeness (QED) is 0.834. The van der Waals surface area contributed by atoms with Crippen molar-refractivity contribution in [3.63, 3.8) is 0 Å². The van der Waals surface area contributed by atoms with E-state index in [9.17, 15) is 4.79 Å². The van der Waals surface area contributed by atoms with E-state index >= 15 is 0 Å². The van der Waals surface area contributed by atoms with E-state index in [0.29, 0.717) is 22.8 Å². The molecule has 20 heavy (non-hydrogen) atoms. The van der Waals surface area contributed by atoms with Gasteiger partial charge in [0, 0.05) is 33.0 Å². The lowest BCUT2D eigenvalue weighted by Crippen LogP contribution is -2.30. The number of carbonyl (C=O) groups excluding carboxylic acids is 1. The number of hydrogen-bond acceptors (Lipinski definition) is 2. The fraction of sp³-hybridized carbons (Fsp3) is 0.133. The Morgan fingerprint density at radius 3 is 2.45 bits per heavy atom. The number of rotatable bonds is 3. The number of benzene rings is 2. The molecule has 0 aliphatic heterocycles. The zero-order valence-electron chi connectivity index (χ0n) is 10.9. The zero-order chi connectivity index (χ0) is 14.7. The lowest BCUT2D eigenvalue weighted by atomic mass is 10.1. The van der Waals surface area contributed by atoms with Crippen LogP contribution in [-0.2, 0) is 0 Å². The average Bonchev–Trinajstić information content (AvgIpc) is 2.40. The summed E-state index contributed by atoms with van der Waals surface area (Å²) in [7, 11) is 0. The van der Waals surface area contributed by atoms with Crippen molar-refractivity contribution < 1.29 is 4.79 Å². The molecule has 0 fully saturated rings. The molecule has 0 heterocycles. The minimum atomic E-state index is -0.0968. The average molecular weight is 354 g/mol. The summed E-state index contributed by atoms with van der Waals surface area (Å²) in [5.41, 5.74) is 7.69. The van der Waals surface area contributed by atoms with Crippen molar-refractivity contribution in [2.75, 3.05) is 17.2 Å². The summed E-state index contributed by atoms with van der Waals surface area (Å²) in [5, 5.41) is 0.524. The summed E-state index contributed by atoms with van der Waals surface area (Å²) in [5.74, 6) is -0.0968. The second kappa shape index (κ2) is 6.29. The van der Waals surface area contributed by atoms with Crippen LogP contribution in [0.25, 0.3) is 0 Å². The molecule has 0 unspecified atom stereocenters. The lowest BCUT2D eigenvalue weighted by molar-refractivity contribution is 0.0988. The Morgan fingerprint density at radius 2 is 1.90 bits per heavy atom. The Hall–Kier alpha value is -1.52. The number of nitrogen functional groups attached to an aromatic ring is 1. The smallest absolute Gasteiger partial charge is 0.258 e. The third-order valence-corrected chi connectivity index (χ3v) is 3.55. The minimum Gasteiger partial charge on any atom is -0.399 e. The van der Waals surface area contributed by atoms with E-state index in [0.717, 1.165) is 10.2 Å². The monoisotopic (exact) mass is 352 g/mol. The Balaban J connectivity index is 2.36. The summed E-state index contributed by atoms with van der Waals surface area (Å²) in [6.45, 7) is 2.49. The van der Waals surface area contributed by atoms with Gasteiger partial charge in [-0.3, -0.25) is 4.79 Å². The zero-order valence-corrected chi connectivity index (χ0v) is 13.3. The van der Waals surface area contributed by atoms with Gasteiger partial charge in [0.15, 0.2) is 0 Å². The molecule has 5 heteroatoms. The highest BCUT2D eigenvalue weighted by Crippen LogP contribution is 2.23. The molecule has 0 saturated heterocycles. The van der Waals surface area contributed by atoms with Crippen molar-refractivity contribution in [1.29, 1.82) is 0 Å². The molecule has 0 aromatic heterocycles. The minimum absolute atomic E-state index is 0.0968. The summed E-state index contributed by atoms with van der Waals surface area (Å²) in [4.78, 5) is 14.3. The van der Waals surface area contributed by atoms with Crippen molar-refractivity contribution in [2.24, 2.45) is 0 Å². The van der Waals surface area contributed by atoms with Gasteiger partial charge in [0.2, 0.25) is 0 Å². The van der Waals surface area contributed by atoms with Crippen LogP contribution in [0.4, 0.5) is 11.4 Å². The molecule has 0 saturated carbocycles. The topological polar surface area (TPSA) is 46.3 Å². The molecule has 2 aromatic carbocycles. The van der Waals surface area contributed by atoms with Gasteiger partial charge in [0.05, 0.1) is 0 Å². The van der Waals surface area contributed by atoms with Crippen molar-refractivity contribution in [2.45, 2.75) is 6.92 Å². The SMILES string of the molecule is CCN(C(=O)c1cc(Cl)cc(Br)c1)c1ccc(N)cc1. The molecule has 0 bridgehead atoms. The van der Waals surface area contributed by atoms with Crippen molar-refractivity contribution in [3.8, 4) is 0 Å². The number of halogens is 2. The molecule has 0 spiro atoms. The molecule has 104 valence electrons. The number of anilines is 2. The van der Waals surface area contributed by atoms with Crippen LogP contribution in [-0.4, -0.2) is 12.5 Å². The Labute approximate surface area is 131 Å². The second-order valence-electron chi connectivity index (χ2n) is 4.30. The second-order valence-corrected chi connectivity index (χ2v) is 5.65. The first kappa shape index (κ1) is 14.9. The highest BCUT2D eigenvalue weighted by molar-refractivity contribution is 9.10. The summed E-state index contributed by atoms with van der Waals surface area (Å²) >= 11 is 9.34. The van der Waals surface area contributed by atoms with Gasteiger partial charge in [0.1, 0.15) is 0 Å². The maximum absolute atomic E-state index is 12.6. The largest absolute Gasteiger partial charge is 0.399 e. The van der Waals surface area contributed by atoms with E-state index in [4.69, 9.17) is 17.3 Å². The van der Waals surface area contributed by atoms with Gasteiger partial charge in [-0.25, -0.2) is 0 Å². The van der Waals surface area contributed by atoms with Gasteiger partial charge < -0.3 is 10.6 Å². The van der Waals surface area contributed by atoms with E-state index in [-0.39, 0.29) is 5.91 Å². The maximum atomic E-state index is 12.6. The van der Waals surface area contributed by atoms with Crippen LogP contribution in [0.1, 0.15) is 17.3 Å². The molecule has 1 amide bonds. The molecule has 0 atom stereocenters. The highest BCUT2D eigenvalue weighted by Gasteiger charge is 2.16. The van der Waals surface area contributed by atoms with Crippen LogP contribution in [0.15, 0.2) is 46.9 Å². The Kier molecular flexibility index (Phi) is 4.68. The fourth-order valence-electron chi connectivity index (χ4n) is 1.93. The van der Waals surface area contributed by atoms with Gasteiger partial charge in [-0.1, -0.05) is 27.5 Å². The molecule has 2 N–H and O–H groups in total. The van der Waals surface area contributed by atoms with Crippen molar-refractivity contribution >= 4 is 44.8 Å². The van der Waals surface area contributed by atoms with Crippen molar-refractivity contribution in [1.82, 2.24) is 0 Å². The molecule has 0 aliphatic carbocycles. The number of carbonyl (C=O) groups is 1. The van der Waals surface area contributed by atoms with Crippen LogP contribution in [0.3, 0.4) is 0 Å². The molecular formula is C15H14BrClN2O. The molecular weight excluding hydrogens is 340 g/mol. The van der Waals surface area contributed by atoms with E-state index in [1.807, 2.05) is 19.1 Å². The highest BCUT2D eigenvalue weighted by atomic mass is 79.9. The number of nitrogens with two attached hydrogens (primary N) is 1. The van der Waals surface area contributed by atoms with Crippen LogP contribution in [0.5, 0.6) is 0 Å². The van der Waals surface area contributed by atoms with Crippen LogP contribution >= 0.6 is 27.5 Å². The van der Waals surface area contributed by atoms with E-state index < -0.39 is 0 Å². The third kappa shape index (κ3) is 3.32. The van der Waals surface area contributed by atoms with Crippen LogP contribution in [0.2, 0.25) is 5.02 Å². The Morgan fingerprint density at radius 1 is 1.25 bits per heavy atom. The van der Waals surface area contributed by atoms with E-state index in [2.05, 4.69) is 15.9 Å². The van der Waals surface area contributed by atoms with Gasteiger partial charge >= 0.3 is 0 Å². The van der Waals surface area contributed by atoms with Crippen LogP contribution < -0.4 is 10.6 Å². The number of amides is 1. The molecule has 2 aromatic rings. The fourth-order valence-corrected chi connectivity index (χ4v) is 2.79. The van der Waals surface area contributed by atoms with Crippen molar-refractivity contribution in [3.05, 3.63) is 57.5 Å². The predicted octanol–water partition coefficient (Wildman–Crippen LogP) is 4.35. The number of nitrogens with zero attached hydrogens (tertiary/aromatic N) is 1. The predicted molar refractivity (Wildman–Crippen MR) is 87.4 cm³/mol. The maximum Gasteiger partial charge on any atom is 0.258 e. The Bertz CT molecular complexity index is 608. The first-order valence-corrected chi connectivity index (χ1v) is 7.32. The standard InChI is InChI=1S/C15H14BrClN2O/c1-2-19(14-5-3-13(18)4-6-14)15(20)10-7-11(16)9-12(17)8-10/h3-9H,2,18H2,1H3. The van der Waals surface area contributed by atoms with Gasteiger partial charge in [-0.2, -0.15) is 0 Å². The molecule has 3 nitrogen and oxygen atoms in total. The summed E-state index contributed by atoms with van der Waals surface area (Å²) in [6, 6.07) is 12.4. The van der Waals surface area contributed by atoms with E-state index in [1.54, 1.807) is 35.2 Å². The van der Waals surface area contributed by atoms with Gasteiger partial charge in [-0.15, -0.1) is 0 Å². The van der Waals surface area contributed by atoms with Gasteiger partial charge in [0.25, 0.3) is 5.91 Å². The normalized spacial score (nSPS) is 10.3. The molecule has 2 rings (SSSR count). The molecule has 0 radical (unpaired) electrons. The van der Waals surface area contributed by atoms with E-state index in [1.165, 1.54) is 0 Å². The van der Waals surface area contributed by atoms with Gasteiger partial charge in [-0.05, 0) is 49.4 Å². The summed E-state index contributed by atoms with van der Waals surface area (Å²) in [6.07, 6.45) is 0. The number of hydrogen-bond donors (Lipinski definition) is 1. The summed E-state index contributed by atoms with van der Waals surface area (Å²) < 4.78 is 0.779. The third-order valence-electron chi connectivity index (χ3n) is 2.88. The molecule has 0 aliphatic rings. The van der Waals surface area contributed by atoms with Crippen LogP contribution in [0, 0.1) is 0 Å². The first-order chi connectivity index (χ1) is 9.51. The first-order valence-electron chi connectivity index (χ1n) is 6.14.